The quantitative estimate of drug-likeness (QED) is 0.677. The summed E-state index contributed by atoms with van der Waals surface area (Å²) >= 11 is 0. The lowest BCUT2D eigenvalue weighted by Gasteiger charge is -2.05. The summed E-state index contributed by atoms with van der Waals surface area (Å²) in [7, 11) is 1.81. The summed E-state index contributed by atoms with van der Waals surface area (Å²) in [6.45, 7) is 2.51. The number of aliphatic carboxylic acids is 1. The topological polar surface area (TPSA) is 84.2 Å². The second kappa shape index (κ2) is 8.35. The van der Waals surface area contributed by atoms with Crippen molar-refractivity contribution in [3.8, 4) is 0 Å². The van der Waals surface area contributed by atoms with E-state index in [0.717, 1.165) is 37.8 Å². The highest BCUT2D eigenvalue weighted by Crippen LogP contribution is 2.06. The molecule has 0 saturated carbocycles. The predicted molar refractivity (Wildman–Crippen MR) is 75.6 cm³/mol. The van der Waals surface area contributed by atoms with Gasteiger partial charge < -0.3 is 10.4 Å². The minimum atomic E-state index is -0.732. The van der Waals surface area contributed by atoms with Crippen molar-refractivity contribution < 1.29 is 14.7 Å². The number of carboxylic acids is 1. The van der Waals surface area contributed by atoms with E-state index in [2.05, 4.69) is 10.4 Å². The molecule has 1 heterocycles. The molecule has 0 aliphatic carbocycles. The van der Waals surface area contributed by atoms with E-state index >= 15 is 0 Å². The van der Waals surface area contributed by atoms with Crippen LogP contribution in [0.3, 0.4) is 0 Å². The van der Waals surface area contributed by atoms with Crippen molar-refractivity contribution >= 4 is 11.9 Å². The molecule has 0 spiro atoms. The molecule has 6 heteroatoms. The van der Waals surface area contributed by atoms with Crippen LogP contribution in [0.5, 0.6) is 0 Å². The van der Waals surface area contributed by atoms with Crippen molar-refractivity contribution in [2.45, 2.75) is 45.4 Å². The summed E-state index contributed by atoms with van der Waals surface area (Å²) in [4.78, 5) is 22.2. The lowest BCUT2D eigenvalue weighted by Crippen LogP contribution is -2.24. The highest BCUT2D eigenvalue weighted by molar-refractivity contribution is 5.94. The molecular formula is C14H23N3O3. The third kappa shape index (κ3) is 5.42. The van der Waals surface area contributed by atoms with Crippen LogP contribution >= 0.6 is 0 Å². The third-order valence-electron chi connectivity index (χ3n) is 3.33. The molecule has 0 aliphatic rings. The maximum Gasteiger partial charge on any atom is 0.303 e. The first-order chi connectivity index (χ1) is 9.52. The van der Waals surface area contributed by atoms with Gasteiger partial charge in [0.15, 0.2) is 0 Å². The van der Waals surface area contributed by atoms with E-state index in [-0.39, 0.29) is 12.3 Å². The van der Waals surface area contributed by atoms with Gasteiger partial charge in [-0.3, -0.25) is 14.3 Å². The number of hydrogen-bond donors (Lipinski definition) is 2. The SMILES string of the molecule is Cc1c(C(=O)NCCCCCCCC(=O)O)cnn1C. The van der Waals surface area contributed by atoms with Crippen LogP contribution in [0.2, 0.25) is 0 Å². The number of aryl methyl sites for hydroxylation is 1. The van der Waals surface area contributed by atoms with Gasteiger partial charge in [-0.25, -0.2) is 0 Å². The van der Waals surface area contributed by atoms with Crippen LogP contribution in [0.25, 0.3) is 0 Å². The lowest BCUT2D eigenvalue weighted by molar-refractivity contribution is -0.137. The minimum absolute atomic E-state index is 0.0820. The van der Waals surface area contributed by atoms with Crippen molar-refractivity contribution in [1.82, 2.24) is 15.1 Å². The molecule has 6 nitrogen and oxygen atoms in total. The number of carbonyl (C=O) groups excluding carboxylic acids is 1. The number of rotatable bonds is 9. The summed E-state index contributed by atoms with van der Waals surface area (Å²) in [5.41, 5.74) is 1.48. The molecule has 1 aromatic heterocycles. The molecule has 1 amide bonds. The normalized spacial score (nSPS) is 10.5. The maximum atomic E-state index is 11.9. The number of hydrogen-bond acceptors (Lipinski definition) is 3. The van der Waals surface area contributed by atoms with Crippen LogP contribution in [-0.4, -0.2) is 33.3 Å². The Morgan fingerprint density at radius 1 is 1.25 bits per heavy atom. The molecule has 0 unspecified atom stereocenters. The summed E-state index contributed by atoms with van der Waals surface area (Å²) in [5.74, 6) is -0.814. The van der Waals surface area contributed by atoms with Crippen LogP contribution in [0.1, 0.15) is 54.6 Å². The van der Waals surface area contributed by atoms with E-state index in [0.29, 0.717) is 12.1 Å². The average Bonchev–Trinajstić information content (AvgIpc) is 2.72. The molecular weight excluding hydrogens is 258 g/mol. The van der Waals surface area contributed by atoms with Crippen LogP contribution in [0.4, 0.5) is 0 Å². The first kappa shape index (κ1) is 16.2. The van der Waals surface area contributed by atoms with Crippen molar-refractivity contribution in [3.63, 3.8) is 0 Å². The molecule has 1 rings (SSSR count). The standard InChI is InChI=1S/C14H23N3O3/c1-11-12(10-16-17(11)2)14(20)15-9-7-5-3-4-6-8-13(18)19/h10H,3-9H2,1-2H3,(H,15,20)(H,18,19). The van der Waals surface area contributed by atoms with Gasteiger partial charge in [-0.15, -0.1) is 0 Å². The number of nitrogens with one attached hydrogen (secondary N) is 1. The van der Waals surface area contributed by atoms with E-state index < -0.39 is 5.97 Å². The van der Waals surface area contributed by atoms with Crippen molar-refractivity contribution in [2.24, 2.45) is 7.05 Å². The molecule has 0 saturated heterocycles. The Labute approximate surface area is 119 Å². The van der Waals surface area contributed by atoms with Gasteiger partial charge in [0.05, 0.1) is 11.8 Å². The Bertz CT molecular complexity index is 455. The van der Waals surface area contributed by atoms with Gasteiger partial charge in [0, 0.05) is 25.7 Å². The lowest BCUT2D eigenvalue weighted by atomic mass is 10.1. The van der Waals surface area contributed by atoms with Crippen LogP contribution in [0.15, 0.2) is 6.20 Å². The molecule has 2 N–H and O–H groups in total. The third-order valence-corrected chi connectivity index (χ3v) is 3.33. The first-order valence-electron chi connectivity index (χ1n) is 7.01. The Hall–Kier alpha value is -1.85. The van der Waals surface area contributed by atoms with Gasteiger partial charge in [0.1, 0.15) is 0 Å². The van der Waals surface area contributed by atoms with Crippen molar-refractivity contribution in [1.29, 1.82) is 0 Å². The van der Waals surface area contributed by atoms with E-state index in [9.17, 15) is 9.59 Å². The second-order valence-electron chi connectivity index (χ2n) is 4.93. The number of nitrogens with zero attached hydrogens (tertiary/aromatic N) is 2. The molecule has 0 aromatic carbocycles. The number of amides is 1. The Morgan fingerprint density at radius 2 is 1.90 bits per heavy atom. The Morgan fingerprint density at radius 3 is 2.50 bits per heavy atom. The molecule has 112 valence electrons. The van der Waals surface area contributed by atoms with Crippen LogP contribution < -0.4 is 5.32 Å². The predicted octanol–water partition coefficient (Wildman–Crippen LogP) is 1.88. The van der Waals surface area contributed by atoms with Gasteiger partial charge in [0.2, 0.25) is 0 Å². The highest BCUT2D eigenvalue weighted by Gasteiger charge is 2.11. The van der Waals surface area contributed by atoms with Crippen LogP contribution in [-0.2, 0) is 11.8 Å². The molecule has 0 atom stereocenters. The first-order valence-corrected chi connectivity index (χ1v) is 7.01. The molecule has 0 aliphatic heterocycles. The number of unbranched alkanes of at least 4 members (excludes halogenated alkanes) is 4. The summed E-state index contributed by atoms with van der Waals surface area (Å²) < 4.78 is 1.68. The maximum absolute atomic E-state index is 11.9. The fourth-order valence-electron chi connectivity index (χ4n) is 1.95. The van der Waals surface area contributed by atoms with Gasteiger partial charge >= 0.3 is 5.97 Å². The van der Waals surface area contributed by atoms with Gasteiger partial charge in [-0.05, 0) is 19.8 Å². The second-order valence-corrected chi connectivity index (χ2v) is 4.93. The summed E-state index contributed by atoms with van der Waals surface area (Å²) in [6, 6.07) is 0. The fraction of sp³-hybridized carbons (Fsp3) is 0.643. The monoisotopic (exact) mass is 281 g/mol. The van der Waals surface area contributed by atoms with Gasteiger partial charge in [-0.1, -0.05) is 19.3 Å². The average molecular weight is 281 g/mol. The molecule has 0 fully saturated rings. The van der Waals surface area contributed by atoms with Crippen molar-refractivity contribution in [2.75, 3.05) is 6.54 Å². The van der Waals surface area contributed by atoms with E-state index in [1.165, 1.54) is 0 Å². The van der Waals surface area contributed by atoms with Crippen molar-refractivity contribution in [3.05, 3.63) is 17.5 Å². The van der Waals surface area contributed by atoms with E-state index in [4.69, 9.17) is 5.11 Å². The summed E-state index contributed by atoms with van der Waals surface area (Å²) in [6.07, 6.45) is 6.42. The number of carbonyl (C=O) groups is 2. The number of carboxylic acid groups (broad SMARTS) is 1. The highest BCUT2D eigenvalue weighted by atomic mass is 16.4. The minimum Gasteiger partial charge on any atom is -0.481 e. The van der Waals surface area contributed by atoms with E-state index in [1.54, 1.807) is 10.9 Å². The fourth-order valence-corrected chi connectivity index (χ4v) is 1.95. The van der Waals surface area contributed by atoms with Gasteiger partial charge in [0.25, 0.3) is 5.91 Å². The number of aromatic nitrogens is 2. The Kier molecular flexibility index (Phi) is 6.76. The molecule has 20 heavy (non-hydrogen) atoms. The largest absolute Gasteiger partial charge is 0.481 e. The zero-order valence-corrected chi connectivity index (χ0v) is 12.2. The smallest absolute Gasteiger partial charge is 0.303 e. The Balaban J connectivity index is 2.08. The molecule has 0 bridgehead atoms. The van der Waals surface area contributed by atoms with E-state index in [1.807, 2.05) is 14.0 Å². The zero-order chi connectivity index (χ0) is 15.0. The molecule has 0 radical (unpaired) electrons. The summed E-state index contributed by atoms with van der Waals surface area (Å²) in [5, 5.41) is 15.4. The molecule has 1 aromatic rings. The van der Waals surface area contributed by atoms with Gasteiger partial charge in [-0.2, -0.15) is 5.10 Å². The van der Waals surface area contributed by atoms with Crippen LogP contribution in [0, 0.1) is 6.92 Å². The zero-order valence-electron chi connectivity index (χ0n) is 12.2.